The third kappa shape index (κ3) is 6.20. The Labute approximate surface area is 73.3 Å². The topological polar surface area (TPSA) is 32.3 Å². The molecule has 0 heterocycles. The zero-order valence-electron chi connectivity index (χ0n) is 7.32. The van der Waals surface area contributed by atoms with Crippen molar-refractivity contribution in [2.75, 3.05) is 0 Å². The van der Waals surface area contributed by atoms with E-state index in [9.17, 15) is 0 Å². The molecule has 0 saturated heterocycles. The third-order valence-corrected chi connectivity index (χ3v) is 1.31. The first-order valence-electron chi connectivity index (χ1n) is 3.88. The van der Waals surface area contributed by atoms with Crippen LogP contribution in [0, 0.1) is 0 Å². The zero-order chi connectivity index (χ0) is 8.91. The van der Waals surface area contributed by atoms with Crippen molar-refractivity contribution in [3.05, 3.63) is 11.8 Å². The molecule has 0 aliphatic heterocycles. The fraction of sp³-hybridized carbons (Fsp3) is 0.750. The second kappa shape index (κ2) is 4.62. The van der Waals surface area contributed by atoms with Crippen molar-refractivity contribution in [2.45, 2.75) is 38.8 Å². The Hall–Kier alpha value is -0.210. The van der Waals surface area contributed by atoms with Crippen LogP contribution in [0.1, 0.15) is 33.6 Å². The minimum Gasteiger partial charge on any atom is -0.359 e. The quantitative estimate of drug-likeness (QED) is 0.392. The van der Waals surface area contributed by atoms with Gasteiger partial charge < -0.3 is 10.4 Å². The van der Waals surface area contributed by atoms with E-state index in [1.165, 1.54) is 6.92 Å². The minimum atomic E-state index is -1.32. The van der Waals surface area contributed by atoms with E-state index in [4.69, 9.17) is 16.7 Å². The lowest BCUT2D eigenvalue weighted by atomic mass is 10.3. The molecule has 0 rings (SSSR count). The first-order chi connectivity index (χ1) is 4.99. The van der Waals surface area contributed by atoms with E-state index in [1.807, 2.05) is 19.9 Å². The van der Waals surface area contributed by atoms with Gasteiger partial charge in [-0.05, 0) is 19.8 Å². The summed E-state index contributed by atoms with van der Waals surface area (Å²) in [5.41, 5.74) is 0.979. The first kappa shape index (κ1) is 10.8. The van der Waals surface area contributed by atoms with Crippen molar-refractivity contribution in [1.82, 2.24) is 5.32 Å². The van der Waals surface area contributed by atoms with Crippen molar-refractivity contribution in [1.29, 1.82) is 0 Å². The van der Waals surface area contributed by atoms with Gasteiger partial charge in [-0.25, -0.2) is 0 Å². The van der Waals surface area contributed by atoms with E-state index in [-0.39, 0.29) is 0 Å². The largest absolute Gasteiger partial charge is 0.359 e. The predicted octanol–water partition coefficient (Wildman–Crippen LogP) is 2.18. The predicted molar refractivity (Wildman–Crippen MR) is 48.3 cm³/mol. The Kier molecular flexibility index (Phi) is 4.54. The van der Waals surface area contributed by atoms with E-state index in [0.717, 1.165) is 18.5 Å². The molecule has 1 unspecified atom stereocenters. The van der Waals surface area contributed by atoms with Crippen molar-refractivity contribution in [3.63, 3.8) is 0 Å². The molecule has 0 radical (unpaired) electrons. The highest BCUT2D eigenvalue weighted by molar-refractivity contribution is 6.22. The highest BCUT2D eigenvalue weighted by Gasteiger charge is 2.14. The molecule has 2 N–H and O–H groups in total. The number of allylic oxidation sites excluding steroid dienone is 2. The highest BCUT2D eigenvalue weighted by atomic mass is 35.5. The van der Waals surface area contributed by atoms with Crippen LogP contribution in [-0.2, 0) is 0 Å². The van der Waals surface area contributed by atoms with Crippen LogP contribution in [0.25, 0.3) is 0 Å². The molecule has 0 aliphatic carbocycles. The smallest absolute Gasteiger partial charge is 0.211 e. The number of hydrogen-bond donors (Lipinski definition) is 2. The van der Waals surface area contributed by atoms with E-state index in [1.54, 1.807) is 0 Å². The maximum Gasteiger partial charge on any atom is 0.211 e. The second-order valence-electron chi connectivity index (χ2n) is 2.57. The van der Waals surface area contributed by atoms with Crippen LogP contribution >= 0.6 is 11.6 Å². The van der Waals surface area contributed by atoms with E-state index >= 15 is 0 Å². The summed E-state index contributed by atoms with van der Waals surface area (Å²) in [5.74, 6) is 0. The molecule has 0 aromatic rings. The van der Waals surface area contributed by atoms with Crippen LogP contribution in [0.2, 0.25) is 0 Å². The Morgan fingerprint density at radius 1 is 1.64 bits per heavy atom. The molecule has 0 bridgehead atoms. The van der Waals surface area contributed by atoms with Gasteiger partial charge in [0, 0.05) is 5.70 Å². The summed E-state index contributed by atoms with van der Waals surface area (Å²) in [7, 11) is 0. The lowest BCUT2D eigenvalue weighted by Gasteiger charge is -2.19. The van der Waals surface area contributed by atoms with Gasteiger partial charge in [0.05, 0.1) is 0 Å². The molecule has 11 heavy (non-hydrogen) atoms. The number of aliphatic hydroxyl groups is 1. The normalized spacial score (nSPS) is 17.7. The number of nitrogens with one attached hydrogen (secondary N) is 1. The monoisotopic (exact) mass is 177 g/mol. The summed E-state index contributed by atoms with van der Waals surface area (Å²) in [6.45, 7) is 5.56. The number of halogens is 1. The Morgan fingerprint density at radius 2 is 2.18 bits per heavy atom. The maximum atomic E-state index is 9.16. The van der Waals surface area contributed by atoms with Gasteiger partial charge in [-0.3, -0.25) is 0 Å². The summed E-state index contributed by atoms with van der Waals surface area (Å²) in [6.07, 6.45) is 3.82. The lowest BCUT2D eigenvalue weighted by Crippen LogP contribution is -2.35. The highest BCUT2D eigenvalue weighted by Crippen LogP contribution is 2.09. The Balaban J connectivity index is 3.99. The molecular weight excluding hydrogens is 162 g/mol. The van der Waals surface area contributed by atoms with Gasteiger partial charge in [0.1, 0.15) is 0 Å². The molecule has 0 fully saturated rings. The van der Waals surface area contributed by atoms with Gasteiger partial charge in [-0.1, -0.05) is 31.5 Å². The maximum absolute atomic E-state index is 9.16. The molecule has 0 aliphatic rings. The molecule has 1 atom stereocenters. The molecular formula is C8H16ClNO. The summed E-state index contributed by atoms with van der Waals surface area (Å²) < 4.78 is 0. The fourth-order valence-corrected chi connectivity index (χ4v) is 0.945. The van der Waals surface area contributed by atoms with Gasteiger partial charge in [-0.2, -0.15) is 0 Å². The molecule has 0 aromatic carbocycles. The number of alkyl halides is 1. The van der Waals surface area contributed by atoms with Crippen LogP contribution in [0.4, 0.5) is 0 Å². The van der Waals surface area contributed by atoms with Gasteiger partial charge >= 0.3 is 0 Å². The third-order valence-electron chi connectivity index (χ3n) is 1.22. The van der Waals surface area contributed by atoms with Crippen molar-refractivity contribution < 1.29 is 5.11 Å². The fourth-order valence-electron chi connectivity index (χ4n) is 0.823. The average Bonchev–Trinajstić information content (AvgIpc) is 1.84. The van der Waals surface area contributed by atoms with Gasteiger partial charge in [0.15, 0.2) is 0 Å². The molecule has 66 valence electrons. The van der Waals surface area contributed by atoms with Crippen molar-refractivity contribution >= 4 is 11.6 Å². The lowest BCUT2D eigenvalue weighted by molar-refractivity contribution is 0.122. The number of rotatable bonds is 4. The number of hydrogen-bond acceptors (Lipinski definition) is 2. The molecule has 0 spiro atoms. The molecule has 0 saturated carbocycles. The van der Waals surface area contributed by atoms with E-state index < -0.39 is 5.18 Å². The van der Waals surface area contributed by atoms with Gasteiger partial charge in [0.25, 0.3) is 0 Å². The van der Waals surface area contributed by atoms with Crippen LogP contribution in [0.5, 0.6) is 0 Å². The summed E-state index contributed by atoms with van der Waals surface area (Å²) >= 11 is 5.55. The zero-order valence-corrected chi connectivity index (χ0v) is 8.07. The SMILES string of the molecule is CC/C=C(\CC)NC(C)(O)Cl. The van der Waals surface area contributed by atoms with Gasteiger partial charge in [-0.15, -0.1) is 0 Å². The van der Waals surface area contributed by atoms with Crippen LogP contribution in [0.3, 0.4) is 0 Å². The summed E-state index contributed by atoms with van der Waals surface area (Å²) in [4.78, 5) is 0. The Morgan fingerprint density at radius 3 is 2.45 bits per heavy atom. The van der Waals surface area contributed by atoms with Crippen molar-refractivity contribution in [3.8, 4) is 0 Å². The van der Waals surface area contributed by atoms with Gasteiger partial charge in [0.2, 0.25) is 5.18 Å². The molecule has 3 heteroatoms. The van der Waals surface area contributed by atoms with Crippen molar-refractivity contribution in [2.24, 2.45) is 0 Å². The first-order valence-corrected chi connectivity index (χ1v) is 4.26. The Bertz CT molecular complexity index is 138. The van der Waals surface area contributed by atoms with Crippen LogP contribution in [0.15, 0.2) is 11.8 Å². The molecule has 0 amide bonds. The van der Waals surface area contributed by atoms with Crippen LogP contribution < -0.4 is 5.32 Å². The molecule has 2 nitrogen and oxygen atoms in total. The van der Waals surface area contributed by atoms with E-state index in [2.05, 4.69) is 5.32 Å². The van der Waals surface area contributed by atoms with Crippen LogP contribution in [-0.4, -0.2) is 10.3 Å². The standard InChI is InChI=1S/C8H16ClNO/c1-4-6-7(5-2)10-8(3,9)11/h6,10-11H,4-5H2,1-3H3/b7-6+. The summed E-state index contributed by atoms with van der Waals surface area (Å²) in [6, 6.07) is 0. The second-order valence-corrected chi connectivity index (χ2v) is 3.31. The summed E-state index contributed by atoms with van der Waals surface area (Å²) in [5, 5.41) is 10.6. The molecule has 0 aromatic heterocycles. The minimum absolute atomic E-state index is 0.858. The average molecular weight is 178 g/mol. The van der Waals surface area contributed by atoms with E-state index in [0.29, 0.717) is 0 Å².